The van der Waals surface area contributed by atoms with Crippen LogP contribution in [0.5, 0.6) is 5.75 Å². The highest BCUT2D eigenvalue weighted by atomic mass is 16.5. The number of carbonyl (C=O) groups excluding carboxylic acids is 2. The molecule has 3 aliphatic heterocycles. The molecule has 0 aromatic heterocycles. The van der Waals surface area contributed by atoms with Crippen LogP contribution < -0.4 is 10.2 Å². The molecule has 7 heteroatoms. The zero-order chi connectivity index (χ0) is 21.4. The number of hydrogen-bond acceptors (Lipinski definition) is 5. The Morgan fingerprint density at radius 2 is 1.77 bits per heavy atom. The summed E-state index contributed by atoms with van der Waals surface area (Å²) in [7, 11) is 0. The maximum Gasteiger partial charge on any atom is 0.274 e. The number of hydrogen-bond donors (Lipinski definition) is 2. The fraction of sp³-hybridized carbons (Fsp3) is 0.417. The molecule has 3 aliphatic rings. The quantitative estimate of drug-likeness (QED) is 0.586. The van der Waals surface area contributed by atoms with Crippen molar-refractivity contribution in [3.63, 3.8) is 0 Å². The summed E-state index contributed by atoms with van der Waals surface area (Å²) in [6.45, 7) is 0.699. The molecule has 0 aliphatic carbocycles. The predicted molar refractivity (Wildman–Crippen MR) is 112 cm³/mol. The van der Waals surface area contributed by atoms with Gasteiger partial charge in [0.05, 0.1) is 24.8 Å². The number of nitrogens with zero attached hydrogens (tertiary/aromatic N) is 1. The lowest BCUT2D eigenvalue weighted by Crippen LogP contribution is -2.42. The lowest BCUT2D eigenvalue weighted by Gasteiger charge is -2.35. The zero-order valence-electron chi connectivity index (χ0n) is 17.2. The molecule has 2 aromatic rings. The fourth-order valence-electron chi connectivity index (χ4n) is 5.05. The second-order valence-electron chi connectivity index (χ2n) is 8.59. The van der Waals surface area contributed by atoms with E-state index in [4.69, 9.17) is 14.7 Å². The van der Waals surface area contributed by atoms with Crippen molar-refractivity contribution in [3.05, 3.63) is 65.2 Å². The first-order valence-corrected chi connectivity index (χ1v) is 10.8. The molecule has 162 valence electrons. The van der Waals surface area contributed by atoms with Gasteiger partial charge < -0.3 is 14.4 Å². The number of ether oxygens (including phenoxy) is 2. The summed E-state index contributed by atoms with van der Waals surface area (Å²) in [6.07, 6.45) is 4.01. The molecule has 2 aromatic carbocycles. The van der Waals surface area contributed by atoms with E-state index in [2.05, 4.69) is 0 Å². The average Bonchev–Trinajstić information content (AvgIpc) is 3.04. The highest BCUT2D eigenvalue weighted by molar-refractivity contribution is 5.93. The summed E-state index contributed by atoms with van der Waals surface area (Å²) in [5, 5.41) is 8.94. The summed E-state index contributed by atoms with van der Waals surface area (Å²) >= 11 is 0. The Bertz CT molecular complexity index is 967. The van der Waals surface area contributed by atoms with E-state index < -0.39 is 5.91 Å². The summed E-state index contributed by atoms with van der Waals surface area (Å²) in [4.78, 5) is 27.5. The van der Waals surface area contributed by atoms with E-state index in [1.165, 1.54) is 0 Å². The molecule has 5 rings (SSSR count). The van der Waals surface area contributed by atoms with Gasteiger partial charge in [-0.1, -0.05) is 36.4 Å². The van der Waals surface area contributed by atoms with Gasteiger partial charge in [0.15, 0.2) is 0 Å². The van der Waals surface area contributed by atoms with E-state index in [9.17, 15) is 9.59 Å². The van der Waals surface area contributed by atoms with Gasteiger partial charge in [0.2, 0.25) is 5.91 Å². The van der Waals surface area contributed by atoms with Crippen molar-refractivity contribution < 1.29 is 24.3 Å². The first-order valence-electron chi connectivity index (χ1n) is 10.8. The molecule has 2 N–H and O–H groups in total. The van der Waals surface area contributed by atoms with Gasteiger partial charge >= 0.3 is 0 Å². The molecule has 3 atom stereocenters. The SMILES string of the molecule is O=C(NO)c1ccc2c(c1)OCC(c1ccccc1)N(C(=O)C1CC3CCC(C1)O3)C2. The zero-order valence-corrected chi connectivity index (χ0v) is 17.2. The van der Waals surface area contributed by atoms with Crippen LogP contribution in [-0.2, 0) is 16.1 Å². The minimum absolute atomic E-state index is 0.0431. The van der Waals surface area contributed by atoms with Gasteiger partial charge in [-0.25, -0.2) is 5.48 Å². The van der Waals surface area contributed by atoms with Crippen LogP contribution in [0.2, 0.25) is 0 Å². The van der Waals surface area contributed by atoms with Crippen molar-refractivity contribution in [3.8, 4) is 5.75 Å². The first kappa shape index (κ1) is 20.0. The maximum atomic E-state index is 13.8. The van der Waals surface area contributed by atoms with Crippen LogP contribution in [0, 0.1) is 5.92 Å². The molecular formula is C24H26N2O5. The number of benzene rings is 2. The minimum atomic E-state index is -0.596. The summed E-state index contributed by atoms with van der Waals surface area (Å²) in [5.74, 6) is 0.0615. The summed E-state index contributed by atoms with van der Waals surface area (Å²) in [5.41, 5.74) is 3.82. The van der Waals surface area contributed by atoms with E-state index >= 15 is 0 Å². The van der Waals surface area contributed by atoms with Crippen LogP contribution in [0.4, 0.5) is 0 Å². The molecule has 0 radical (unpaired) electrons. The number of amides is 2. The van der Waals surface area contributed by atoms with Crippen LogP contribution in [0.25, 0.3) is 0 Å². The number of hydroxylamine groups is 1. The Morgan fingerprint density at radius 1 is 1.03 bits per heavy atom. The van der Waals surface area contributed by atoms with Crippen molar-refractivity contribution in [1.82, 2.24) is 10.4 Å². The Kier molecular flexibility index (Phi) is 5.38. The van der Waals surface area contributed by atoms with Crippen molar-refractivity contribution in [2.75, 3.05) is 6.61 Å². The molecule has 0 saturated carbocycles. The van der Waals surface area contributed by atoms with Gasteiger partial charge in [0.25, 0.3) is 5.91 Å². The maximum absolute atomic E-state index is 13.8. The standard InChI is InChI=1S/C24H26N2O5/c27-23(25-29)16-6-7-17-13-26(24(28)18-10-19-8-9-20(11-18)31-19)21(14-30-22(17)12-16)15-4-2-1-3-5-15/h1-7,12,18-21,29H,8-11,13-14H2,(H,25,27). The van der Waals surface area contributed by atoms with Gasteiger partial charge in [0, 0.05) is 17.0 Å². The van der Waals surface area contributed by atoms with Gasteiger partial charge in [-0.3, -0.25) is 14.8 Å². The molecule has 2 fully saturated rings. The van der Waals surface area contributed by atoms with Crippen LogP contribution in [-0.4, -0.2) is 40.7 Å². The van der Waals surface area contributed by atoms with Gasteiger partial charge in [-0.15, -0.1) is 0 Å². The molecule has 3 heterocycles. The topological polar surface area (TPSA) is 88.1 Å². The van der Waals surface area contributed by atoms with E-state index in [1.807, 2.05) is 35.2 Å². The third-order valence-electron chi connectivity index (χ3n) is 6.65. The van der Waals surface area contributed by atoms with Crippen molar-refractivity contribution in [1.29, 1.82) is 0 Å². The van der Waals surface area contributed by atoms with E-state index in [0.29, 0.717) is 24.5 Å². The molecular weight excluding hydrogens is 396 g/mol. The monoisotopic (exact) mass is 422 g/mol. The number of fused-ring (bicyclic) bond motifs is 3. The van der Waals surface area contributed by atoms with E-state index in [0.717, 1.165) is 36.8 Å². The third kappa shape index (κ3) is 3.91. The van der Waals surface area contributed by atoms with Crippen LogP contribution in [0.1, 0.15) is 53.2 Å². The molecule has 31 heavy (non-hydrogen) atoms. The Balaban J connectivity index is 1.47. The van der Waals surface area contributed by atoms with Crippen LogP contribution >= 0.6 is 0 Å². The highest BCUT2D eigenvalue weighted by Crippen LogP contribution is 2.39. The summed E-state index contributed by atoms with van der Waals surface area (Å²) in [6, 6.07) is 14.7. The molecule has 2 bridgehead atoms. The second kappa shape index (κ2) is 8.32. The lowest BCUT2D eigenvalue weighted by molar-refractivity contribution is -0.145. The largest absolute Gasteiger partial charge is 0.491 e. The van der Waals surface area contributed by atoms with Crippen molar-refractivity contribution in [2.24, 2.45) is 5.92 Å². The van der Waals surface area contributed by atoms with Crippen LogP contribution in [0.15, 0.2) is 48.5 Å². The van der Waals surface area contributed by atoms with E-state index in [1.54, 1.807) is 23.7 Å². The van der Waals surface area contributed by atoms with E-state index in [-0.39, 0.29) is 30.1 Å². The number of nitrogens with one attached hydrogen (secondary N) is 1. The van der Waals surface area contributed by atoms with Crippen LogP contribution in [0.3, 0.4) is 0 Å². The smallest absolute Gasteiger partial charge is 0.274 e. The molecule has 2 saturated heterocycles. The molecule has 2 amide bonds. The first-order chi connectivity index (χ1) is 15.1. The van der Waals surface area contributed by atoms with Gasteiger partial charge in [-0.05, 0) is 43.4 Å². The highest BCUT2D eigenvalue weighted by Gasteiger charge is 2.41. The molecule has 3 unspecified atom stereocenters. The van der Waals surface area contributed by atoms with Crippen molar-refractivity contribution >= 4 is 11.8 Å². The fourth-order valence-corrected chi connectivity index (χ4v) is 5.05. The lowest BCUT2D eigenvalue weighted by atomic mass is 9.92. The van der Waals surface area contributed by atoms with Crippen molar-refractivity contribution in [2.45, 2.75) is 50.5 Å². The minimum Gasteiger partial charge on any atom is -0.491 e. The Morgan fingerprint density at radius 3 is 2.48 bits per heavy atom. The molecule has 0 spiro atoms. The predicted octanol–water partition coefficient (Wildman–Crippen LogP) is 3.23. The number of rotatable bonds is 3. The average molecular weight is 422 g/mol. The third-order valence-corrected chi connectivity index (χ3v) is 6.65. The summed E-state index contributed by atoms with van der Waals surface area (Å²) < 4.78 is 12.0. The Labute approximate surface area is 180 Å². The Hall–Kier alpha value is -2.90. The van der Waals surface area contributed by atoms with Gasteiger partial charge in [-0.2, -0.15) is 0 Å². The van der Waals surface area contributed by atoms with Gasteiger partial charge in [0.1, 0.15) is 12.4 Å². The number of carbonyl (C=O) groups is 2. The second-order valence-corrected chi connectivity index (χ2v) is 8.59. The molecule has 7 nitrogen and oxygen atoms in total. The normalized spacial score (nSPS) is 27.1.